The number of alkyl halides is 2. The number of anilines is 2. The Morgan fingerprint density at radius 1 is 1.38 bits per heavy atom. The number of nitrogens with two attached hydrogens (primary N) is 2. The molecule has 0 amide bonds. The molecular weight excluding hydrogens is 414 g/mol. The van der Waals surface area contributed by atoms with Crippen LogP contribution in [0.1, 0.15) is 6.23 Å². The summed E-state index contributed by atoms with van der Waals surface area (Å²) in [7, 11) is 0. The van der Waals surface area contributed by atoms with E-state index in [1.807, 2.05) is 0 Å². The van der Waals surface area contributed by atoms with Gasteiger partial charge in [0.1, 0.15) is 17.4 Å². The molecule has 0 bridgehead atoms. The van der Waals surface area contributed by atoms with Gasteiger partial charge in [-0.15, -0.1) is 0 Å². The fourth-order valence-corrected chi connectivity index (χ4v) is 2.84. The molecule has 1 fully saturated rings. The lowest BCUT2D eigenvalue weighted by Gasteiger charge is -2.20. The number of hydrogen-bond acceptors (Lipinski definition) is 10. The van der Waals surface area contributed by atoms with Gasteiger partial charge in [0.2, 0.25) is 12.2 Å². The summed E-state index contributed by atoms with van der Waals surface area (Å²) < 4.78 is 33.1. The topological polar surface area (TPSA) is 194 Å². The Morgan fingerprint density at radius 3 is 2.72 bits per heavy atom. The summed E-state index contributed by atoms with van der Waals surface area (Å²) in [6.45, 7) is -0.787. The van der Waals surface area contributed by atoms with Gasteiger partial charge in [0.15, 0.2) is 16.4 Å². The number of fused-ring (bicyclic) bond motifs is 1. The molecule has 0 radical (unpaired) electrons. The highest BCUT2D eigenvalue weighted by molar-refractivity contribution is 7.71. The second-order valence-electron chi connectivity index (χ2n) is 5.92. The third kappa shape index (κ3) is 3.93. The lowest BCUT2D eigenvalue weighted by atomic mass is 10.1. The molecule has 1 saturated heterocycles. The zero-order valence-corrected chi connectivity index (χ0v) is 15.3. The Kier molecular flexibility index (Phi) is 5.56. The third-order valence-corrected chi connectivity index (χ3v) is 4.28. The smallest absolute Gasteiger partial charge is 0.351 e. The van der Waals surface area contributed by atoms with E-state index in [9.17, 15) is 18.7 Å². The van der Waals surface area contributed by atoms with Crippen molar-refractivity contribution >= 4 is 35.1 Å². The number of hydrogen-bond donors (Lipinski definition) is 6. The average molecular weight is 430 g/mol. The van der Waals surface area contributed by atoms with Crippen LogP contribution >= 0.6 is 12.2 Å². The van der Waals surface area contributed by atoms with E-state index in [1.54, 1.807) is 0 Å². The third-order valence-electron chi connectivity index (χ3n) is 3.99. The van der Waals surface area contributed by atoms with E-state index in [0.717, 1.165) is 12.3 Å². The first kappa shape index (κ1) is 20.7. The van der Waals surface area contributed by atoms with Gasteiger partial charge in [-0.3, -0.25) is 4.57 Å². The predicted octanol–water partition coefficient (Wildman–Crippen LogP) is -0.691. The maximum atomic E-state index is 13.7. The molecule has 4 rings (SSSR count). The molecule has 12 nitrogen and oxygen atoms in total. The van der Waals surface area contributed by atoms with Gasteiger partial charge in [-0.05, 0) is 6.07 Å². The molecule has 3 aromatic heterocycles. The van der Waals surface area contributed by atoms with E-state index in [4.69, 9.17) is 33.5 Å². The molecule has 15 heteroatoms. The highest BCUT2D eigenvalue weighted by atomic mass is 32.1. The predicted molar refractivity (Wildman–Crippen MR) is 98.3 cm³/mol. The highest BCUT2D eigenvalue weighted by Gasteiger charge is 2.59. The number of nitrogens with one attached hydrogen (secondary N) is 2. The highest BCUT2D eigenvalue weighted by Crippen LogP contribution is 2.41. The summed E-state index contributed by atoms with van der Waals surface area (Å²) in [4.78, 5) is 28.1. The molecule has 0 unspecified atom stereocenters. The Morgan fingerprint density at radius 2 is 2.10 bits per heavy atom. The first-order valence-corrected chi connectivity index (χ1v) is 8.41. The number of rotatable bonds is 2. The van der Waals surface area contributed by atoms with Crippen LogP contribution in [0.5, 0.6) is 0 Å². The summed E-state index contributed by atoms with van der Waals surface area (Å²) >= 11 is 4.91. The van der Waals surface area contributed by atoms with Gasteiger partial charge in [-0.2, -0.15) is 13.8 Å². The van der Waals surface area contributed by atoms with Crippen molar-refractivity contribution in [2.45, 2.75) is 24.4 Å². The maximum Gasteiger partial charge on any atom is 0.351 e. The van der Waals surface area contributed by atoms with E-state index in [0.29, 0.717) is 20.4 Å². The molecule has 0 spiro atoms. The number of aromatic amines is 2. The molecule has 4 heterocycles. The molecule has 1 aliphatic heterocycles. The number of aromatic nitrogens is 6. The van der Waals surface area contributed by atoms with Crippen molar-refractivity contribution in [3.8, 4) is 0 Å². The number of nitrogen functional groups attached to an aromatic ring is 2. The molecule has 0 aliphatic carbocycles. The quantitative estimate of drug-likeness (QED) is 0.283. The van der Waals surface area contributed by atoms with E-state index in [1.165, 1.54) is 6.33 Å². The van der Waals surface area contributed by atoms with Crippen molar-refractivity contribution in [3.05, 3.63) is 33.7 Å². The monoisotopic (exact) mass is 430 g/mol. The summed E-state index contributed by atoms with van der Waals surface area (Å²) in [5, 5.41) is 18.1. The molecule has 3 atom stereocenters. The Bertz CT molecular complexity index is 1130. The first-order chi connectivity index (χ1) is 13.6. The van der Waals surface area contributed by atoms with Crippen LogP contribution in [-0.4, -0.2) is 64.4 Å². The van der Waals surface area contributed by atoms with Crippen LogP contribution in [0, 0.1) is 4.64 Å². The molecule has 0 saturated carbocycles. The lowest BCUT2D eigenvalue weighted by molar-refractivity contribution is -0.140. The molecule has 1 aliphatic rings. The molecule has 29 heavy (non-hydrogen) atoms. The Labute approximate surface area is 165 Å². The van der Waals surface area contributed by atoms with Crippen LogP contribution in [0.4, 0.5) is 20.5 Å². The van der Waals surface area contributed by atoms with Gasteiger partial charge in [-0.25, -0.2) is 14.8 Å². The van der Waals surface area contributed by atoms with Crippen LogP contribution in [-0.2, 0) is 4.74 Å². The van der Waals surface area contributed by atoms with Crippen LogP contribution in [0.2, 0.25) is 0 Å². The van der Waals surface area contributed by atoms with Crippen LogP contribution in [0.25, 0.3) is 11.2 Å². The fourth-order valence-electron chi connectivity index (χ4n) is 2.59. The second-order valence-corrected chi connectivity index (χ2v) is 6.31. The SMILES string of the molecule is Nc1ccn([C@@H]2O[C@H](CO)[C@@H](O)C2(F)F)c(=O)n1.Nc1nc(=S)c2[nH]cnc2[nH]1. The van der Waals surface area contributed by atoms with E-state index < -0.39 is 36.7 Å². The van der Waals surface area contributed by atoms with Gasteiger partial charge in [0.05, 0.1) is 12.9 Å². The molecule has 8 N–H and O–H groups in total. The van der Waals surface area contributed by atoms with Crippen LogP contribution < -0.4 is 17.2 Å². The summed E-state index contributed by atoms with van der Waals surface area (Å²) in [6.07, 6.45) is -3.15. The zero-order chi connectivity index (χ0) is 21.3. The molecule has 3 aromatic rings. The normalized spacial score (nSPS) is 23.0. The van der Waals surface area contributed by atoms with E-state index in [-0.39, 0.29) is 11.8 Å². The van der Waals surface area contributed by atoms with E-state index in [2.05, 4.69) is 24.9 Å². The minimum atomic E-state index is -3.71. The maximum absolute atomic E-state index is 13.7. The number of aliphatic hydroxyl groups excluding tert-OH is 2. The summed E-state index contributed by atoms with van der Waals surface area (Å²) in [5.41, 5.74) is 11.0. The van der Waals surface area contributed by atoms with Crippen molar-refractivity contribution in [2.75, 3.05) is 18.1 Å². The van der Waals surface area contributed by atoms with Crippen molar-refractivity contribution in [1.29, 1.82) is 0 Å². The zero-order valence-electron chi connectivity index (χ0n) is 14.5. The standard InChI is InChI=1S/C9H11F2N3O4.C5H5N5S/c10-9(11)6(16)4(3-15)18-7(9)14-2-1-5(12)13-8(14)17;6-5-9-3-2(4(11)10-5)7-1-8-3/h1-2,4,6-7,15-16H,3H2,(H2,12,13,17);1H,(H4,6,7,8,9,10,11)/t4-,6-,7-;/m1./s1. The number of ether oxygens (including phenoxy) is 1. The Hall–Kier alpha value is -3.01. The van der Waals surface area contributed by atoms with Crippen LogP contribution in [0.15, 0.2) is 23.4 Å². The minimum absolute atomic E-state index is 0.114. The van der Waals surface area contributed by atoms with Crippen molar-refractivity contribution in [3.63, 3.8) is 0 Å². The number of halogens is 2. The van der Waals surface area contributed by atoms with Crippen LogP contribution in [0.3, 0.4) is 0 Å². The summed E-state index contributed by atoms with van der Waals surface area (Å²) in [6, 6.07) is 1.15. The molecule has 156 valence electrons. The first-order valence-electron chi connectivity index (χ1n) is 8.01. The van der Waals surface area contributed by atoms with Crippen molar-refractivity contribution in [1.82, 2.24) is 29.5 Å². The minimum Gasteiger partial charge on any atom is -0.394 e. The molecular formula is C14H16F2N8O4S. The largest absolute Gasteiger partial charge is 0.394 e. The van der Waals surface area contributed by atoms with Gasteiger partial charge < -0.3 is 36.4 Å². The Balaban J connectivity index is 0.000000186. The number of nitrogens with zero attached hydrogens (tertiary/aromatic N) is 4. The fraction of sp³-hybridized carbons (Fsp3) is 0.357. The molecule has 0 aromatic carbocycles. The van der Waals surface area contributed by atoms with Gasteiger partial charge in [-0.1, -0.05) is 12.2 Å². The number of H-pyrrole nitrogens is 2. The van der Waals surface area contributed by atoms with Crippen molar-refractivity contribution < 1.29 is 23.7 Å². The average Bonchev–Trinajstić information content (AvgIpc) is 3.20. The second kappa shape index (κ2) is 7.78. The van der Waals surface area contributed by atoms with Gasteiger partial charge in [0.25, 0.3) is 0 Å². The summed E-state index contributed by atoms with van der Waals surface area (Å²) in [5.74, 6) is -3.54. The number of aliphatic hydroxyl groups is 2. The van der Waals surface area contributed by atoms with E-state index >= 15 is 0 Å². The van der Waals surface area contributed by atoms with Gasteiger partial charge in [0, 0.05) is 6.20 Å². The van der Waals surface area contributed by atoms with Crippen molar-refractivity contribution in [2.24, 2.45) is 0 Å². The lowest BCUT2D eigenvalue weighted by Crippen LogP contribution is -2.41. The number of imidazole rings is 1. The van der Waals surface area contributed by atoms with Gasteiger partial charge >= 0.3 is 11.6 Å².